The van der Waals surface area contributed by atoms with E-state index in [0.29, 0.717) is 22.8 Å². The van der Waals surface area contributed by atoms with E-state index in [0.717, 1.165) is 0 Å². The fourth-order valence-electron chi connectivity index (χ4n) is 2.27. The molecule has 7 heteroatoms. The number of rotatable bonds is 6. The van der Waals surface area contributed by atoms with Gasteiger partial charge in [-0.2, -0.15) is 0 Å². The fraction of sp³-hybridized carbons (Fsp3) is 0.235. The summed E-state index contributed by atoms with van der Waals surface area (Å²) < 4.78 is 29.6. The third-order valence-corrected chi connectivity index (χ3v) is 3.65. The minimum absolute atomic E-state index is 0.0203. The van der Waals surface area contributed by atoms with E-state index in [1.807, 2.05) is 0 Å². The Morgan fingerprint density at radius 3 is 2.42 bits per heavy atom. The number of amides is 1. The Morgan fingerprint density at radius 2 is 1.79 bits per heavy atom. The van der Waals surface area contributed by atoms with Crippen LogP contribution in [0.4, 0.5) is 10.1 Å². The molecule has 0 aliphatic carbocycles. The third-order valence-electron chi connectivity index (χ3n) is 3.36. The topological polar surface area (TPSA) is 56.8 Å². The molecule has 128 valence electrons. The molecule has 2 aromatic carbocycles. The normalized spacial score (nSPS) is 10.2. The lowest BCUT2D eigenvalue weighted by molar-refractivity contribution is -0.115. The van der Waals surface area contributed by atoms with Crippen LogP contribution in [0.2, 0.25) is 5.02 Å². The zero-order valence-electron chi connectivity index (χ0n) is 13.5. The highest BCUT2D eigenvalue weighted by Crippen LogP contribution is 2.40. The first-order valence-electron chi connectivity index (χ1n) is 7.03. The Bertz CT molecular complexity index is 752. The van der Waals surface area contributed by atoms with Gasteiger partial charge in [0, 0.05) is 5.56 Å². The van der Waals surface area contributed by atoms with Crippen LogP contribution in [0.3, 0.4) is 0 Å². The number of halogens is 2. The van der Waals surface area contributed by atoms with Gasteiger partial charge in [-0.1, -0.05) is 23.7 Å². The number of anilines is 1. The number of benzene rings is 2. The van der Waals surface area contributed by atoms with Crippen LogP contribution < -0.4 is 19.5 Å². The molecule has 1 amide bonds. The number of carbonyl (C=O) groups is 1. The van der Waals surface area contributed by atoms with Crippen molar-refractivity contribution in [1.29, 1.82) is 0 Å². The van der Waals surface area contributed by atoms with Crippen molar-refractivity contribution in [3.63, 3.8) is 0 Å². The Balaban J connectivity index is 2.24. The Kier molecular flexibility index (Phi) is 5.87. The number of ether oxygens (including phenoxy) is 3. The van der Waals surface area contributed by atoms with Crippen molar-refractivity contribution >= 4 is 23.2 Å². The third kappa shape index (κ3) is 3.71. The summed E-state index contributed by atoms with van der Waals surface area (Å²) in [7, 11) is 4.45. The molecule has 0 saturated heterocycles. The Labute approximate surface area is 144 Å². The lowest BCUT2D eigenvalue weighted by Gasteiger charge is -2.15. The van der Waals surface area contributed by atoms with Crippen molar-refractivity contribution in [2.75, 3.05) is 26.6 Å². The van der Waals surface area contributed by atoms with Gasteiger partial charge in [-0.25, -0.2) is 4.39 Å². The molecule has 0 saturated carbocycles. The van der Waals surface area contributed by atoms with E-state index in [4.69, 9.17) is 25.8 Å². The van der Waals surface area contributed by atoms with Crippen LogP contribution in [0.15, 0.2) is 30.3 Å². The van der Waals surface area contributed by atoms with Gasteiger partial charge in [-0.05, 0) is 18.2 Å². The fourth-order valence-corrected chi connectivity index (χ4v) is 2.44. The maximum absolute atomic E-state index is 13.9. The van der Waals surface area contributed by atoms with Crippen LogP contribution in [0.1, 0.15) is 5.56 Å². The van der Waals surface area contributed by atoms with E-state index in [1.165, 1.54) is 33.5 Å². The molecule has 24 heavy (non-hydrogen) atoms. The molecule has 0 unspecified atom stereocenters. The molecule has 0 aromatic heterocycles. The lowest BCUT2D eigenvalue weighted by atomic mass is 10.1. The molecule has 0 spiro atoms. The average molecular weight is 354 g/mol. The molecule has 0 heterocycles. The molecule has 2 aromatic rings. The van der Waals surface area contributed by atoms with E-state index in [9.17, 15) is 9.18 Å². The first kappa shape index (κ1) is 17.9. The molecule has 0 aliphatic heterocycles. The number of nitrogens with one attached hydrogen (secondary N) is 1. The van der Waals surface area contributed by atoms with Crippen molar-refractivity contribution in [3.8, 4) is 17.2 Å². The summed E-state index contributed by atoms with van der Waals surface area (Å²) in [5.41, 5.74) is 0.599. The Morgan fingerprint density at radius 1 is 1.08 bits per heavy atom. The van der Waals surface area contributed by atoms with Gasteiger partial charge < -0.3 is 19.5 Å². The van der Waals surface area contributed by atoms with E-state index < -0.39 is 11.7 Å². The van der Waals surface area contributed by atoms with Gasteiger partial charge in [0.1, 0.15) is 0 Å². The lowest BCUT2D eigenvalue weighted by Crippen LogP contribution is -2.16. The standard InChI is InChI=1S/C17H17ClFNO4/c1-22-13-8-7-10(16(23-2)17(13)24-3)9-14(21)20-12-6-4-5-11(18)15(12)19/h4-8H,9H2,1-3H3,(H,20,21). The molecule has 0 radical (unpaired) electrons. The SMILES string of the molecule is COc1ccc(CC(=O)Nc2cccc(Cl)c2F)c(OC)c1OC. The van der Waals surface area contributed by atoms with E-state index in [-0.39, 0.29) is 17.1 Å². The molecular formula is C17H17ClFNO4. The van der Waals surface area contributed by atoms with E-state index >= 15 is 0 Å². The van der Waals surface area contributed by atoms with Crippen LogP contribution in [-0.2, 0) is 11.2 Å². The van der Waals surface area contributed by atoms with E-state index in [2.05, 4.69) is 5.32 Å². The van der Waals surface area contributed by atoms with Crippen LogP contribution in [0, 0.1) is 5.82 Å². The van der Waals surface area contributed by atoms with Crippen molar-refractivity contribution in [2.24, 2.45) is 0 Å². The van der Waals surface area contributed by atoms with Gasteiger partial charge >= 0.3 is 0 Å². The molecule has 0 bridgehead atoms. The molecular weight excluding hydrogens is 337 g/mol. The zero-order valence-corrected chi connectivity index (χ0v) is 14.2. The van der Waals surface area contributed by atoms with Crippen molar-refractivity contribution < 1.29 is 23.4 Å². The van der Waals surface area contributed by atoms with Gasteiger partial charge in [0.2, 0.25) is 11.7 Å². The van der Waals surface area contributed by atoms with E-state index in [1.54, 1.807) is 18.2 Å². The summed E-state index contributed by atoms with van der Waals surface area (Å²) in [4.78, 5) is 12.2. The second-order valence-corrected chi connectivity index (χ2v) is 5.23. The average Bonchev–Trinajstić information content (AvgIpc) is 2.58. The zero-order chi connectivity index (χ0) is 17.7. The number of carbonyl (C=O) groups excluding carboxylic acids is 1. The molecule has 0 atom stereocenters. The summed E-state index contributed by atoms with van der Waals surface area (Å²) in [5.74, 6) is 0.172. The quantitative estimate of drug-likeness (QED) is 0.860. The van der Waals surface area contributed by atoms with Gasteiger partial charge in [0.05, 0.1) is 38.5 Å². The smallest absolute Gasteiger partial charge is 0.229 e. The maximum Gasteiger partial charge on any atom is 0.229 e. The molecule has 1 N–H and O–H groups in total. The number of hydrogen-bond acceptors (Lipinski definition) is 4. The largest absolute Gasteiger partial charge is 0.493 e. The highest BCUT2D eigenvalue weighted by atomic mass is 35.5. The number of methoxy groups -OCH3 is 3. The first-order valence-corrected chi connectivity index (χ1v) is 7.41. The molecule has 0 fully saturated rings. The van der Waals surface area contributed by atoms with Crippen LogP contribution >= 0.6 is 11.6 Å². The summed E-state index contributed by atoms with van der Waals surface area (Å²) in [6, 6.07) is 7.75. The second-order valence-electron chi connectivity index (χ2n) is 4.82. The minimum Gasteiger partial charge on any atom is -0.493 e. The van der Waals surface area contributed by atoms with Crippen molar-refractivity contribution in [3.05, 3.63) is 46.7 Å². The predicted molar refractivity (Wildman–Crippen MR) is 89.8 cm³/mol. The van der Waals surface area contributed by atoms with Crippen LogP contribution in [-0.4, -0.2) is 27.2 Å². The molecule has 5 nitrogen and oxygen atoms in total. The van der Waals surface area contributed by atoms with Gasteiger partial charge in [-0.15, -0.1) is 0 Å². The van der Waals surface area contributed by atoms with Gasteiger partial charge in [0.25, 0.3) is 0 Å². The highest BCUT2D eigenvalue weighted by Gasteiger charge is 2.18. The summed E-state index contributed by atoms with van der Waals surface area (Å²) in [5, 5.41) is 2.43. The highest BCUT2D eigenvalue weighted by molar-refractivity contribution is 6.31. The van der Waals surface area contributed by atoms with Gasteiger partial charge in [0.15, 0.2) is 17.3 Å². The van der Waals surface area contributed by atoms with Crippen LogP contribution in [0.25, 0.3) is 0 Å². The number of hydrogen-bond donors (Lipinski definition) is 1. The maximum atomic E-state index is 13.9. The first-order chi connectivity index (χ1) is 11.5. The Hall–Kier alpha value is -2.47. The summed E-state index contributed by atoms with van der Waals surface area (Å²) >= 11 is 5.70. The monoisotopic (exact) mass is 353 g/mol. The molecule has 2 rings (SSSR count). The molecule has 0 aliphatic rings. The van der Waals surface area contributed by atoms with Crippen molar-refractivity contribution in [2.45, 2.75) is 6.42 Å². The van der Waals surface area contributed by atoms with Crippen LogP contribution in [0.5, 0.6) is 17.2 Å². The second kappa shape index (κ2) is 7.88. The summed E-state index contributed by atoms with van der Waals surface area (Å²) in [6.07, 6.45) is -0.0323. The predicted octanol–water partition coefficient (Wildman–Crippen LogP) is 3.69. The summed E-state index contributed by atoms with van der Waals surface area (Å²) in [6.45, 7) is 0. The minimum atomic E-state index is -0.674. The van der Waals surface area contributed by atoms with Crippen molar-refractivity contribution in [1.82, 2.24) is 0 Å². The van der Waals surface area contributed by atoms with Gasteiger partial charge in [-0.3, -0.25) is 4.79 Å².